The molecule has 1 N–H and O–H groups in total. The fraction of sp³-hybridized carbons (Fsp3) is 0.364. The second-order valence-corrected chi connectivity index (χ2v) is 3.61. The number of nitrogens with zero attached hydrogens (tertiary/aromatic N) is 2. The van der Waals surface area contributed by atoms with Gasteiger partial charge in [0, 0.05) is 20.1 Å². The van der Waals surface area contributed by atoms with Crippen molar-refractivity contribution in [2.24, 2.45) is 4.99 Å². The molecule has 0 aromatic heterocycles. The van der Waals surface area contributed by atoms with E-state index in [4.69, 9.17) is 0 Å². The van der Waals surface area contributed by atoms with Crippen LogP contribution >= 0.6 is 24.0 Å². The first kappa shape index (κ1) is 13.2. The molecule has 0 spiro atoms. The highest BCUT2D eigenvalue weighted by Gasteiger charge is 2.10. The lowest BCUT2D eigenvalue weighted by molar-refractivity contribution is 0.533. The Labute approximate surface area is 112 Å². The van der Waals surface area contributed by atoms with Crippen molar-refractivity contribution in [2.45, 2.75) is 6.54 Å². The Morgan fingerprint density at radius 2 is 2.31 bits per heavy atom. The molecular formula is C11H15FIN3. The van der Waals surface area contributed by atoms with Gasteiger partial charge in [-0.15, -0.1) is 24.0 Å². The predicted molar refractivity (Wildman–Crippen MR) is 73.6 cm³/mol. The van der Waals surface area contributed by atoms with Gasteiger partial charge >= 0.3 is 0 Å². The van der Waals surface area contributed by atoms with Gasteiger partial charge in [-0.25, -0.2) is 4.39 Å². The number of aliphatic imine (C=N–C) groups is 1. The molecule has 0 amide bonds. The summed E-state index contributed by atoms with van der Waals surface area (Å²) in [5.41, 5.74) is 0.929. The zero-order valence-electron chi connectivity index (χ0n) is 9.11. The van der Waals surface area contributed by atoms with E-state index >= 15 is 0 Å². The molecule has 1 aromatic carbocycles. The van der Waals surface area contributed by atoms with Crippen molar-refractivity contribution in [1.29, 1.82) is 0 Å². The van der Waals surface area contributed by atoms with Gasteiger partial charge in [0.2, 0.25) is 0 Å². The van der Waals surface area contributed by atoms with Gasteiger partial charge in [0.05, 0.1) is 6.54 Å². The monoisotopic (exact) mass is 335 g/mol. The largest absolute Gasteiger partial charge is 0.352 e. The van der Waals surface area contributed by atoms with Crippen LogP contribution in [0.4, 0.5) is 4.39 Å². The Bertz CT molecular complexity index is 381. The van der Waals surface area contributed by atoms with Crippen LogP contribution < -0.4 is 5.32 Å². The van der Waals surface area contributed by atoms with Gasteiger partial charge in [-0.05, 0) is 17.7 Å². The van der Waals surface area contributed by atoms with Crippen molar-refractivity contribution in [3.8, 4) is 0 Å². The number of benzene rings is 1. The Balaban J connectivity index is 0.00000128. The zero-order chi connectivity index (χ0) is 10.7. The minimum Gasteiger partial charge on any atom is -0.352 e. The summed E-state index contributed by atoms with van der Waals surface area (Å²) in [6, 6.07) is 6.59. The van der Waals surface area contributed by atoms with Crippen molar-refractivity contribution in [3.05, 3.63) is 35.6 Å². The molecule has 0 radical (unpaired) electrons. The van der Waals surface area contributed by atoms with Crippen LogP contribution in [-0.4, -0.2) is 31.0 Å². The van der Waals surface area contributed by atoms with Crippen LogP contribution in [0.1, 0.15) is 5.56 Å². The fourth-order valence-electron chi connectivity index (χ4n) is 1.55. The number of rotatable bonds is 2. The summed E-state index contributed by atoms with van der Waals surface area (Å²) in [5.74, 6) is 0.690. The second-order valence-electron chi connectivity index (χ2n) is 3.61. The van der Waals surface area contributed by atoms with Crippen molar-refractivity contribution in [3.63, 3.8) is 0 Å². The summed E-state index contributed by atoms with van der Waals surface area (Å²) in [4.78, 5) is 6.35. The van der Waals surface area contributed by atoms with E-state index in [0.717, 1.165) is 24.6 Å². The lowest BCUT2D eigenvalue weighted by Crippen LogP contribution is -2.35. The predicted octanol–water partition coefficient (Wildman–Crippen LogP) is 1.83. The average Bonchev–Trinajstić information content (AvgIpc) is 2.61. The van der Waals surface area contributed by atoms with E-state index in [1.165, 1.54) is 12.1 Å². The van der Waals surface area contributed by atoms with E-state index in [9.17, 15) is 4.39 Å². The maximum atomic E-state index is 12.9. The molecule has 5 heteroatoms. The molecule has 16 heavy (non-hydrogen) atoms. The fourth-order valence-corrected chi connectivity index (χ4v) is 1.55. The molecule has 1 aliphatic rings. The van der Waals surface area contributed by atoms with Gasteiger partial charge < -0.3 is 10.2 Å². The van der Waals surface area contributed by atoms with E-state index in [1.807, 2.05) is 13.1 Å². The highest BCUT2D eigenvalue weighted by Crippen LogP contribution is 2.03. The van der Waals surface area contributed by atoms with Crippen LogP contribution in [0.15, 0.2) is 29.3 Å². The summed E-state index contributed by atoms with van der Waals surface area (Å²) in [7, 11) is 1.99. The maximum absolute atomic E-state index is 12.9. The normalized spacial score (nSPS) is 14.4. The first-order chi connectivity index (χ1) is 7.25. The van der Waals surface area contributed by atoms with Crippen molar-refractivity contribution < 1.29 is 4.39 Å². The van der Waals surface area contributed by atoms with Crippen molar-refractivity contribution >= 4 is 29.9 Å². The smallest absolute Gasteiger partial charge is 0.194 e. The zero-order valence-corrected chi connectivity index (χ0v) is 11.4. The summed E-state index contributed by atoms with van der Waals surface area (Å²) in [6.45, 7) is 2.40. The van der Waals surface area contributed by atoms with Gasteiger partial charge in [0.15, 0.2) is 5.96 Å². The van der Waals surface area contributed by atoms with E-state index in [-0.39, 0.29) is 29.8 Å². The number of likely N-dealkylation sites (N-methyl/N-ethyl adjacent to an activating group) is 1. The summed E-state index contributed by atoms with van der Waals surface area (Å²) >= 11 is 0. The molecule has 1 aliphatic heterocycles. The summed E-state index contributed by atoms with van der Waals surface area (Å²) < 4.78 is 12.9. The molecule has 2 rings (SSSR count). The molecule has 0 aliphatic carbocycles. The molecule has 0 atom stereocenters. The molecule has 1 heterocycles. The molecule has 0 bridgehead atoms. The number of nitrogens with one attached hydrogen (secondary N) is 1. The highest BCUT2D eigenvalue weighted by molar-refractivity contribution is 14.0. The molecule has 0 unspecified atom stereocenters. The topological polar surface area (TPSA) is 27.6 Å². The molecule has 88 valence electrons. The third kappa shape index (κ3) is 3.33. The number of hydrogen-bond acceptors (Lipinski definition) is 3. The average molecular weight is 335 g/mol. The molecule has 3 nitrogen and oxygen atoms in total. The molecule has 1 aromatic rings. The third-order valence-electron chi connectivity index (χ3n) is 2.40. The molecule has 0 fully saturated rings. The van der Waals surface area contributed by atoms with Gasteiger partial charge in [-0.2, -0.15) is 0 Å². The van der Waals surface area contributed by atoms with Gasteiger partial charge in [-0.3, -0.25) is 4.99 Å². The van der Waals surface area contributed by atoms with Crippen LogP contribution in [-0.2, 0) is 6.54 Å². The molecule has 0 saturated carbocycles. The third-order valence-corrected chi connectivity index (χ3v) is 2.40. The Hall–Kier alpha value is -0.850. The number of halogens is 2. The first-order valence-corrected chi connectivity index (χ1v) is 4.99. The van der Waals surface area contributed by atoms with Gasteiger partial charge in [-0.1, -0.05) is 12.1 Å². The molecule has 0 saturated heterocycles. The molecular weight excluding hydrogens is 320 g/mol. The van der Waals surface area contributed by atoms with Crippen LogP contribution in [0.25, 0.3) is 0 Å². The summed E-state index contributed by atoms with van der Waals surface area (Å²) in [6.07, 6.45) is 0. The van der Waals surface area contributed by atoms with Crippen LogP contribution in [0.5, 0.6) is 0 Å². The van der Waals surface area contributed by atoms with Crippen molar-refractivity contribution in [2.75, 3.05) is 20.1 Å². The lowest BCUT2D eigenvalue weighted by atomic mass is 10.2. The van der Waals surface area contributed by atoms with E-state index in [2.05, 4.69) is 15.2 Å². The first-order valence-electron chi connectivity index (χ1n) is 4.99. The van der Waals surface area contributed by atoms with Crippen LogP contribution in [0.3, 0.4) is 0 Å². The minimum atomic E-state index is -0.198. The quantitative estimate of drug-likeness (QED) is 0.836. The Kier molecular flexibility index (Phi) is 4.98. The van der Waals surface area contributed by atoms with Gasteiger partial charge in [0.25, 0.3) is 0 Å². The summed E-state index contributed by atoms with van der Waals surface area (Å²) in [5, 5.41) is 3.18. The van der Waals surface area contributed by atoms with Crippen LogP contribution in [0, 0.1) is 5.82 Å². The van der Waals surface area contributed by atoms with Crippen molar-refractivity contribution in [1.82, 2.24) is 10.2 Å². The van der Waals surface area contributed by atoms with E-state index in [1.54, 1.807) is 6.07 Å². The maximum Gasteiger partial charge on any atom is 0.194 e. The number of hydrogen-bond donors (Lipinski definition) is 1. The standard InChI is InChI=1S/C11H14FN3.HI/c1-15-6-5-13-11(15)14-8-9-3-2-4-10(12)7-9;/h2-4,7H,5-6,8H2,1H3,(H,13,14);1H. The lowest BCUT2D eigenvalue weighted by Gasteiger charge is -2.15. The Morgan fingerprint density at radius 1 is 1.50 bits per heavy atom. The van der Waals surface area contributed by atoms with E-state index in [0.29, 0.717) is 6.54 Å². The van der Waals surface area contributed by atoms with Gasteiger partial charge in [0.1, 0.15) is 5.82 Å². The number of guanidine groups is 1. The highest BCUT2D eigenvalue weighted by atomic mass is 127. The SMILES string of the molecule is CN1CCN=C1NCc1cccc(F)c1.I. The minimum absolute atomic E-state index is 0. The van der Waals surface area contributed by atoms with E-state index < -0.39 is 0 Å². The van der Waals surface area contributed by atoms with Crippen LogP contribution in [0.2, 0.25) is 0 Å². The Morgan fingerprint density at radius 3 is 2.94 bits per heavy atom. The second kappa shape index (κ2) is 6.03.